The summed E-state index contributed by atoms with van der Waals surface area (Å²) in [4.78, 5) is 29.3. The highest BCUT2D eigenvalue weighted by Crippen LogP contribution is 2.42. The number of esters is 1. The number of rotatable bonds is 5. The van der Waals surface area contributed by atoms with Crippen molar-refractivity contribution in [1.82, 2.24) is 10.3 Å². The van der Waals surface area contributed by atoms with Gasteiger partial charge in [-0.25, -0.2) is 9.18 Å². The zero-order valence-corrected chi connectivity index (χ0v) is 18.6. The highest BCUT2D eigenvalue weighted by Gasteiger charge is 2.43. The predicted molar refractivity (Wildman–Crippen MR) is 115 cm³/mol. The molecule has 0 saturated heterocycles. The minimum absolute atomic E-state index is 0.0495. The summed E-state index contributed by atoms with van der Waals surface area (Å²) in [5, 5.41) is 12.9. The lowest BCUT2D eigenvalue weighted by Gasteiger charge is -2.39. The molecule has 1 atom stereocenters. The van der Waals surface area contributed by atoms with E-state index in [-0.39, 0.29) is 41.2 Å². The van der Waals surface area contributed by atoms with Crippen LogP contribution in [0.3, 0.4) is 0 Å². The van der Waals surface area contributed by atoms with Gasteiger partial charge in [0.1, 0.15) is 28.3 Å². The number of phenols is 1. The Balaban J connectivity index is 1.78. The fourth-order valence-electron chi connectivity index (χ4n) is 3.93. The van der Waals surface area contributed by atoms with Crippen LogP contribution in [0.1, 0.15) is 38.4 Å². The molecule has 2 N–H and O–H groups in total. The fraction of sp³-hybridized carbons (Fsp3) is 0.208. The predicted octanol–water partition coefficient (Wildman–Crippen LogP) is 4.07. The molecule has 0 radical (unpaired) electrons. The first-order valence-corrected chi connectivity index (χ1v) is 10.4. The second-order valence-corrected chi connectivity index (χ2v) is 7.72. The average Bonchev–Trinajstić information content (AvgIpc) is 2.84. The number of nitrogens with zero attached hydrogens (tertiary/aromatic N) is 1. The standard InChI is InChI=1S/C24H18F4N2O6/c1-34-22(33)15-6-4-13(11-17(15)31)21(32)30-23(8-10-35-19-3-2-9-29-20(19)23)14-5-7-18(16(25)12-14)36-24(26,27)28/h2-7,9,11-12,31H,8,10H2,1H3,(H,30,32). The van der Waals surface area contributed by atoms with E-state index in [0.717, 1.165) is 25.3 Å². The van der Waals surface area contributed by atoms with Crippen molar-refractivity contribution in [1.29, 1.82) is 0 Å². The van der Waals surface area contributed by atoms with E-state index < -0.39 is 41.1 Å². The third kappa shape index (κ3) is 4.74. The molecule has 0 aliphatic carbocycles. The molecule has 1 aromatic heterocycles. The minimum atomic E-state index is -5.10. The lowest BCUT2D eigenvalue weighted by atomic mass is 9.81. The summed E-state index contributed by atoms with van der Waals surface area (Å²) < 4.78 is 66.4. The molecule has 1 unspecified atom stereocenters. The number of halogens is 4. The van der Waals surface area contributed by atoms with Crippen molar-refractivity contribution in [2.45, 2.75) is 18.3 Å². The summed E-state index contributed by atoms with van der Waals surface area (Å²) in [5.74, 6) is -4.11. The number of pyridine rings is 1. The first-order chi connectivity index (χ1) is 17.0. The summed E-state index contributed by atoms with van der Waals surface area (Å²) >= 11 is 0. The number of fused-ring (bicyclic) bond motifs is 1. The number of phenolic OH excluding ortho intramolecular Hbond substituents is 1. The van der Waals surface area contributed by atoms with Crippen molar-refractivity contribution in [3.05, 3.63) is 82.9 Å². The Morgan fingerprint density at radius 3 is 2.61 bits per heavy atom. The summed E-state index contributed by atoms with van der Waals surface area (Å²) in [6.07, 6.45) is -3.63. The first kappa shape index (κ1) is 24.8. The Morgan fingerprint density at radius 2 is 1.94 bits per heavy atom. The smallest absolute Gasteiger partial charge is 0.507 e. The Hall–Kier alpha value is -4.35. The maximum Gasteiger partial charge on any atom is 0.573 e. The molecule has 1 aliphatic heterocycles. The second kappa shape index (κ2) is 9.36. The number of hydrogen-bond acceptors (Lipinski definition) is 7. The van der Waals surface area contributed by atoms with E-state index in [1.54, 1.807) is 12.1 Å². The summed E-state index contributed by atoms with van der Waals surface area (Å²) in [6, 6.07) is 9.50. The molecular formula is C24H18F4N2O6. The number of hydrogen-bond donors (Lipinski definition) is 2. The number of ether oxygens (including phenoxy) is 3. The molecule has 0 fully saturated rings. The molecule has 1 aliphatic rings. The molecule has 188 valence electrons. The van der Waals surface area contributed by atoms with Gasteiger partial charge in [0.05, 0.1) is 13.7 Å². The van der Waals surface area contributed by atoms with Crippen molar-refractivity contribution in [3.8, 4) is 17.2 Å². The van der Waals surface area contributed by atoms with E-state index in [0.29, 0.717) is 0 Å². The highest BCUT2D eigenvalue weighted by atomic mass is 19.4. The van der Waals surface area contributed by atoms with Gasteiger partial charge in [-0.05, 0) is 48.0 Å². The van der Waals surface area contributed by atoms with Gasteiger partial charge in [0.25, 0.3) is 5.91 Å². The number of aromatic hydroxyl groups is 1. The van der Waals surface area contributed by atoms with Crippen LogP contribution in [0.2, 0.25) is 0 Å². The zero-order chi connectivity index (χ0) is 26.1. The topological polar surface area (TPSA) is 107 Å². The zero-order valence-electron chi connectivity index (χ0n) is 18.6. The minimum Gasteiger partial charge on any atom is -0.507 e. The van der Waals surface area contributed by atoms with E-state index >= 15 is 0 Å². The number of nitrogens with one attached hydrogen (secondary N) is 1. The lowest BCUT2D eigenvalue weighted by Crippen LogP contribution is -2.50. The van der Waals surface area contributed by atoms with Crippen molar-refractivity contribution in [2.24, 2.45) is 0 Å². The Bertz CT molecular complexity index is 1330. The van der Waals surface area contributed by atoms with Gasteiger partial charge in [0, 0.05) is 18.2 Å². The second-order valence-electron chi connectivity index (χ2n) is 7.72. The number of alkyl halides is 3. The van der Waals surface area contributed by atoms with Crippen LogP contribution in [0, 0.1) is 5.82 Å². The molecule has 2 heterocycles. The number of benzene rings is 2. The van der Waals surface area contributed by atoms with Crippen LogP contribution in [-0.4, -0.2) is 42.0 Å². The van der Waals surface area contributed by atoms with E-state index in [1.807, 2.05) is 0 Å². The van der Waals surface area contributed by atoms with Gasteiger partial charge in [-0.3, -0.25) is 9.78 Å². The van der Waals surface area contributed by atoms with E-state index in [9.17, 15) is 32.3 Å². The Labute approximate surface area is 201 Å². The number of carbonyl (C=O) groups is 2. The molecule has 3 aromatic rings. The number of aromatic nitrogens is 1. The van der Waals surface area contributed by atoms with Gasteiger partial charge in [-0.1, -0.05) is 6.07 Å². The maximum atomic E-state index is 14.7. The monoisotopic (exact) mass is 506 g/mol. The van der Waals surface area contributed by atoms with Crippen LogP contribution in [0.15, 0.2) is 54.7 Å². The SMILES string of the molecule is COC(=O)c1ccc(C(=O)NC2(c3ccc(OC(F)(F)F)c(F)c3)CCOc3cccnc32)cc1O. The summed E-state index contributed by atoms with van der Waals surface area (Å²) in [5.41, 5.74) is -1.45. The van der Waals surface area contributed by atoms with Gasteiger partial charge < -0.3 is 24.6 Å². The van der Waals surface area contributed by atoms with Gasteiger partial charge in [-0.2, -0.15) is 0 Å². The summed E-state index contributed by atoms with van der Waals surface area (Å²) in [6.45, 7) is 0.0634. The Morgan fingerprint density at radius 1 is 1.17 bits per heavy atom. The van der Waals surface area contributed by atoms with Crippen molar-refractivity contribution < 1.29 is 46.5 Å². The van der Waals surface area contributed by atoms with Gasteiger partial charge >= 0.3 is 12.3 Å². The quantitative estimate of drug-likeness (QED) is 0.397. The molecule has 2 aromatic carbocycles. The number of methoxy groups -OCH3 is 1. The van der Waals surface area contributed by atoms with Crippen LogP contribution in [0.25, 0.3) is 0 Å². The average molecular weight is 506 g/mol. The normalized spacial score (nSPS) is 16.9. The molecule has 12 heteroatoms. The van der Waals surface area contributed by atoms with Gasteiger partial charge in [0.15, 0.2) is 11.6 Å². The van der Waals surface area contributed by atoms with Crippen molar-refractivity contribution in [3.63, 3.8) is 0 Å². The molecule has 4 rings (SSSR count). The largest absolute Gasteiger partial charge is 0.573 e. The van der Waals surface area contributed by atoms with Crippen molar-refractivity contribution >= 4 is 11.9 Å². The molecule has 1 amide bonds. The Kier molecular flexibility index (Phi) is 6.44. The lowest BCUT2D eigenvalue weighted by molar-refractivity contribution is -0.275. The van der Waals surface area contributed by atoms with Crippen LogP contribution in [-0.2, 0) is 10.3 Å². The third-order valence-corrected chi connectivity index (χ3v) is 5.55. The van der Waals surface area contributed by atoms with E-state index in [2.05, 4.69) is 19.8 Å². The molecule has 0 saturated carbocycles. The van der Waals surface area contributed by atoms with Crippen LogP contribution >= 0.6 is 0 Å². The van der Waals surface area contributed by atoms with E-state index in [1.165, 1.54) is 24.4 Å². The molecule has 8 nitrogen and oxygen atoms in total. The number of carbonyl (C=O) groups excluding carboxylic acids is 2. The molecule has 0 bridgehead atoms. The third-order valence-electron chi connectivity index (χ3n) is 5.55. The van der Waals surface area contributed by atoms with Crippen LogP contribution in [0.5, 0.6) is 17.2 Å². The molecule has 36 heavy (non-hydrogen) atoms. The van der Waals surface area contributed by atoms with Gasteiger partial charge in [0.2, 0.25) is 0 Å². The van der Waals surface area contributed by atoms with Crippen LogP contribution in [0.4, 0.5) is 17.6 Å². The number of amides is 1. The molecule has 0 spiro atoms. The maximum absolute atomic E-state index is 14.7. The molecular weight excluding hydrogens is 488 g/mol. The van der Waals surface area contributed by atoms with E-state index in [4.69, 9.17) is 4.74 Å². The van der Waals surface area contributed by atoms with Crippen molar-refractivity contribution in [2.75, 3.05) is 13.7 Å². The summed E-state index contributed by atoms with van der Waals surface area (Å²) in [7, 11) is 1.13. The fourth-order valence-corrected chi connectivity index (χ4v) is 3.93. The van der Waals surface area contributed by atoms with Gasteiger partial charge in [-0.15, -0.1) is 13.2 Å². The van der Waals surface area contributed by atoms with Crippen LogP contribution < -0.4 is 14.8 Å². The highest BCUT2D eigenvalue weighted by molar-refractivity contribution is 5.98. The first-order valence-electron chi connectivity index (χ1n) is 10.4.